The number of rotatable bonds is 2. The molecule has 0 spiro atoms. The van der Waals surface area contributed by atoms with E-state index in [4.69, 9.17) is 9.78 Å². The number of nitrogens with zero attached hydrogens (tertiary/aromatic N) is 3. The lowest BCUT2D eigenvalue weighted by molar-refractivity contribution is 0.432. The van der Waals surface area contributed by atoms with Crippen LogP contribution in [0.2, 0.25) is 0 Å². The molecule has 0 radical (unpaired) electrons. The van der Waals surface area contributed by atoms with E-state index in [9.17, 15) is 4.39 Å². The molecule has 0 fully saturated rings. The van der Waals surface area contributed by atoms with Crippen molar-refractivity contribution in [2.45, 2.75) is 6.92 Å². The van der Waals surface area contributed by atoms with Crippen LogP contribution >= 0.6 is 0 Å². The number of nitriles is 1. The van der Waals surface area contributed by atoms with Gasteiger partial charge in [-0.05, 0) is 48.9 Å². The van der Waals surface area contributed by atoms with E-state index in [0.717, 1.165) is 5.56 Å². The Labute approximate surface area is 120 Å². The van der Waals surface area contributed by atoms with E-state index in [0.29, 0.717) is 28.4 Å². The molecule has 102 valence electrons. The fourth-order valence-electron chi connectivity index (χ4n) is 2.05. The first-order chi connectivity index (χ1) is 10.2. The Kier molecular flexibility index (Phi) is 3.20. The Bertz CT molecular complexity index is 828. The van der Waals surface area contributed by atoms with E-state index in [2.05, 4.69) is 16.2 Å². The summed E-state index contributed by atoms with van der Waals surface area (Å²) >= 11 is 0. The normalized spacial score (nSPS) is 10.3. The first-order valence-corrected chi connectivity index (χ1v) is 6.27. The Hall–Kier alpha value is -3.00. The van der Waals surface area contributed by atoms with Crippen molar-refractivity contribution in [3.8, 4) is 28.9 Å². The van der Waals surface area contributed by atoms with Crippen LogP contribution < -0.4 is 0 Å². The van der Waals surface area contributed by atoms with Crippen LogP contribution in [0.3, 0.4) is 0 Å². The average Bonchev–Trinajstić information content (AvgIpc) is 2.96. The van der Waals surface area contributed by atoms with Gasteiger partial charge >= 0.3 is 0 Å². The summed E-state index contributed by atoms with van der Waals surface area (Å²) in [4.78, 5) is 4.25. The molecule has 0 atom stereocenters. The van der Waals surface area contributed by atoms with Gasteiger partial charge in [-0.2, -0.15) is 10.2 Å². The van der Waals surface area contributed by atoms with Crippen LogP contribution in [0.15, 0.2) is 47.0 Å². The van der Waals surface area contributed by atoms with Gasteiger partial charge < -0.3 is 4.52 Å². The van der Waals surface area contributed by atoms with E-state index in [-0.39, 0.29) is 5.82 Å². The van der Waals surface area contributed by atoms with E-state index >= 15 is 0 Å². The standard InChI is InChI=1S/C16H10FN3O/c1-10-5-13(8-14(17)6-10)15-19-16(21-20-15)12-4-2-3-11(7-12)9-18/h2-8H,1H3. The van der Waals surface area contributed by atoms with Gasteiger partial charge in [0.2, 0.25) is 5.82 Å². The minimum absolute atomic E-state index is 0.295. The number of hydrogen-bond donors (Lipinski definition) is 0. The maximum Gasteiger partial charge on any atom is 0.258 e. The third-order valence-corrected chi connectivity index (χ3v) is 2.96. The lowest BCUT2D eigenvalue weighted by Gasteiger charge is -1.97. The second kappa shape index (κ2) is 5.17. The quantitative estimate of drug-likeness (QED) is 0.717. The molecule has 0 amide bonds. The first kappa shape index (κ1) is 13.0. The van der Waals surface area contributed by atoms with Crippen LogP contribution in [0, 0.1) is 24.1 Å². The molecule has 0 aliphatic heterocycles. The van der Waals surface area contributed by atoms with Crippen molar-refractivity contribution in [1.82, 2.24) is 10.1 Å². The van der Waals surface area contributed by atoms with E-state index in [1.807, 2.05) is 0 Å². The minimum atomic E-state index is -0.345. The van der Waals surface area contributed by atoms with Crippen molar-refractivity contribution < 1.29 is 8.91 Å². The molecular formula is C16H10FN3O. The predicted octanol–water partition coefficient (Wildman–Crippen LogP) is 3.72. The average molecular weight is 279 g/mol. The lowest BCUT2D eigenvalue weighted by atomic mass is 10.1. The zero-order chi connectivity index (χ0) is 14.8. The molecule has 4 nitrogen and oxygen atoms in total. The molecule has 0 saturated carbocycles. The second-order valence-corrected chi connectivity index (χ2v) is 4.63. The fourth-order valence-corrected chi connectivity index (χ4v) is 2.05. The first-order valence-electron chi connectivity index (χ1n) is 6.27. The van der Waals surface area contributed by atoms with Gasteiger partial charge in [0, 0.05) is 11.1 Å². The van der Waals surface area contributed by atoms with Gasteiger partial charge in [0.15, 0.2) is 0 Å². The number of hydrogen-bond acceptors (Lipinski definition) is 4. The summed E-state index contributed by atoms with van der Waals surface area (Å²) in [6, 6.07) is 13.5. The Morgan fingerprint density at radius 3 is 2.76 bits per heavy atom. The lowest BCUT2D eigenvalue weighted by Crippen LogP contribution is -1.85. The van der Waals surface area contributed by atoms with Gasteiger partial charge in [-0.3, -0.25) is 0 Å². The molecule has 1 aromatic heterocycles. The van der Waals surface area contributed by atoms with Crippen LogP contribution in [-0.4, -0.2) is 10.1 Å². The summed E-state index contributed by atoms with van der Waals surface area (Å²) in [7, 11) is 0. The molecular weight excluding hydrogens is 269 g/mol. The van der Waals surface area contributed by atoms with Crippen molar-refractivity contribution in [1.29, 1.82) is 5.26 Å². The van der Waals surface area contributed by atoms with Gasteiger partial charge in [0.1, 0.15) is 5.82 Å². The third-order valence-electron chi connectivity index (χ3n) is 2.96. The summed E-state index contributed by atoms with van der Waals surface area (Å²) in [6.45, 7) is 1.80. The smallest absolute Gasteiger partial charge is 0.258 e. The van der Waals surface area contributed by atoms with Crippen molar-refractivity contribution in [3.63, 3.8) is 0 Å². The molecule has 0 saturated heterocycles. The molecule has 2 aromatic carbocycles. The molecule has 0 aliphatic carbocycles. The highest BCUT2D eigenvalue weighted by Crippen LogP contribution is 2.24. The Morgan fingerprint density at radius 2 is 2.00 bits per heavy atom. The topological polar surface area (TPSA) is 62.7 Å². The van der Waals surface area contributed by atoms with E-state index < -0.39 is 0 Å². The van der Waals surface area contributed by atoms with Gasteiger partial charge in [-0.15, -0.1) is 0 Å². The maximum absolute atomic E-state index is 13.4. The highest BCUT2D eigenvalue weighted by Gasteiger charge is 2.12. The number of benzene rings is 2. The molecule has 21 heavy (non-hydrogen) atoms. The van der Waals surface area contributed by atoms with Crippen LogP contribution in [0.5, 0.6) is 0 Å². The second-order valence-electron chi connectivity index (χ2n) is 4.63. The largest absolute Gasteiger partial charge is 0.334 e. The van der Waals surface area contributed by atoms with Crippen LogP contribution in [0.4, 0.5) is 4.39 Å². The molecule has 0 aliphatic rings. The molecule has 3 rings (SSSR count). The highest BCUT2D eigenvalue weighted by atomic mass is 19.1. The maximum atomic E-state index is 13.4. The molecule has 0 N–H and O–H groups in total. The molecule has 0 bridgehead atoms. The van der Waals surface area contributed by atoms with Gasteiger partial charge in [-0.1, -0.05) is 11.2 Å². The number of aryl methyl sites for hydroxylation is 1. The van der Waals surface area contributed by atoms with Crippen LogP contribution in [0.25, 0.3) is 22.8 Å². The number of halogens is 1. The summed E-state index contributed by atoms with van der Waals surface area (Å²) < 4.78 is 18.6. The van der Waals surface area contributed by atoms with Crippen molar-refractivity contribution >= 4 is 0 Å². The number of aromatic nitrogens is 2. The SMILES string of the molecule is Cc1cc(F)cc(-c2noc(-c3cccc(C#N)c3)n2)c1. The zero-order valence-electron chi connectivity index (χ0n) is 11.2. The summed E-state index contributed by atoms with van der Waals surface area (Å²) in [5.74, 6) is 0.266. The van der Waals surface area contributed by atoms with Crippen LogP contribution in [0.1, 0.15) is 11.1 Å². The molecule has 1 heterocycles. The van der Waals surface area contributed by atoms with Crippen molar-refractivity contribution in [2.75, 3.05) is 0 Å². The van der Waals surface area contributed by atoms with Gasteiger partial charge in [0.25, 0.3) is 5.89 Å². The summed E-state index contributed by atoms with van der Waals surface area (Å²) in [5, 5.41) is 12.8. The summed E-state index contributed by atoms with van der Waals surface area (Å²) in [6.07, 6.45) is 0. The third kappa shape index (κ3) is 2.65. The monoisotopic (exact) mass is 279 g/mol. The highest BCUT2D eigenvalue weighted by molar-refractivity contribution is 5.61. The van der Waals surface area contributed by atoms with E-state index in [1.165, 1.54) is 12.1 Å². The van der Waals surface area contributed by atoms with Gasteiger partial charge in [0.05, 0.1) is 11.6 Å². The Balaban J connectivity index is 2.01. The van der Waals surface area contributed by atoms with E-state index in [1.54, 1.807) is 37.3 Å². The molecule has 0 unspecified atom stereocenters. The van der Waals surface area contributed by atoms with Crippen LogP contribution in [-0.2, 0) is 0 Å². The van der Waals surface area contributed by atoms with Crippen molar-refractivity contribution in [2.24, 2.45) is 0 Å². The van der Waals surface area contributed by atoms with Gasteiger partial charge in [-0.25, -0.2) is 4.39 Å². The fraction of sp³-hybridized carbons (Fsp3) is 0.0625. The molecule has 5 heteroatoms. The summed E-state index contributed by atoms with van der Waals surface area (Å²) in [5.41, 5.74) is 2.50. The molecule has 3 aromatic rings. The van der Waals surface area contributed by atoms with Crippen molar-refractivity contribution in [3.05, 3.63) is 59.4 Å². The zero-order valence-corrected chi connectivity index (χ0v) is 11.2. The Morgan fingerprint density at radius 1 is 1.14 bits per heavy atom. The predicted molar refractivity (Wildman–Crippen MR) is 74.6 cm³/mol. The minimum Gasteiger partial charge on any atom is -0.334 e.